The number of ether oxygens (including phenoxy) is 2. The van der Waals surface area contributed by atoms with Gasteiger partial charge in [-0.1, -0.05) is 25.5 Å². The van der Waals surface area contributed by atoms with Gasteiger partial charge in [0.1, 0.15) is 11.4 Å². The third kappa shape index (κ3) is 6.52. The monoisotopic (exact) mass is 619 g/mol. The van der Waals surface area contributed by atoms with E-state index in [1.807, 2.05) is 13.8 Å². The molecule has 234 valence electrons. The average molecular weight is 620 g/mol. The van der Waals surface area contributed by atoms with Crippen LogP contribution in [0.3, 0.4) is 0 Å². The van der Waals surface area contributed by atoms with Gasteiger partial charge in [0, 0.05) is 18.7 Å². The zero-order chi connectivity index (χ0) is 32.2. The van der Waals surface area contributed by atoms with Crippen molar-refractivity contribution in [1.82, 2.24) is 25.2 Å². The van der Waals surface area contributed by atoms with Crippen molar-refractivity contribution in [1.29, 1.82) is 0 Å². The summed E-state index contributed by atoms with van der Waals surface area (Å²) < 4.78 is 38.2. The summed E-state index contributed by atoms with van der Waals surface area (Å²) in [5, 5.41) is 9.72. The van der Waals surface area contributed by atoms with Crippen LogP contribution in [0.5, 0.6) is 0 Å². The molecule has 1 atom stereocenters. The minimum absolute atomic E-state index is 0.0370. The number of fused-ring (bicyclic) bond motifs is 2. The number of aromatic nitrogens is 3. The number of benzene rings is 2. The summed E-state index contributed by atoms with van der Waals surface area (Å²) in [6, 6.07) is 8.85. The van der Waals surface area contributed by atoms with Gasteiger partial charge < -0.3 is 20.1 Å². The zero-order valence-corrected chi connectivity index (χ0v) is 24.9. The maximum absolute atomic E-state index is 13.7. The summed E-state index contributed by atoms with van der Waals surface area (Å²) in [6.45, 7) is 4.08. The SMILES string of the molecule is CCCCOC(=O)c1ccc2c(c1C)CC[C@@H]2NC(=O)c1cc(C(=O)NCc2ccc(F)c(F)c2)nc2cc(C(=O)OC)nn12. The lowest BCUT2D eigenvalue weighted by Crippen LogP contribution is -2.30. The highest BCUT2D eigenvalue weighted by atomic mass is 19.2. The molecule has 2 aromatic carbocycles. The fourth-order valence-corrected chi connectivity index (χ4v) is 5.25. The second kappa shape index (κ2) is 13.2. The van der Waals surface area contributed by atoms with Gasteiger partial charge in [0.05, 0.1) is 25.3 Å². The maximum atomic E-state index is 13.7. The molecule has 11 nitrogen and oxygen atoms in total. The van der Waals surface area contributed by atoms with E-state index < -0.39 is 35.5 Å². The van der Waals surface area contributed by atoms with E-state index >= 15 is 0 Å². The van der Waals surface area contributed by atoms with E-state index in [2.05, 4.69) is 20.7 Å². The number of halogens is 2. The molecular weight excluding hydrogens is 588 g/mol. The number of methoxy groups -OCH3 is 1. The summed E-state index contributed by atoms with van der Waals surface area (Å²) in [6.07, 6.45) is 2.88. The molecule has 4 aromatic rings. The minimum Gasteiger partial charge on any atom is -0.464 e. The van der Waals surface area contributed by atoms with Gasteiger partial charge in [-0.15, -0.1) is 0 Å². The molecular formula is C32H31F2N5O6. The number of esters is 2. The molecule has 0 radical (unpaired) electrons. The van der Waals surface area contributed by atoms with Gasteiger partial charge in [-0.2, -0.15) is 5.10 Å². The number of unbranched alkanes of at least 4 members (excludes halogenated alkanes) is 1. The maximum Gasteiger partial charge on any atom is 0.358 e. The summed E-state index contributed by atoms with van der Waals surface area (Å²) in [7, 11) is 1.18. The van der Waals surface area contributed by atoms with Crippen LogP contribution in [0.1, 0.15) is 96.3 Å². The van der Waals surface area contributed by atoms with E-state index in [1.54, 1.807) is 12.1 Å². The molecule has 2 aromatic heterocycles. The van der Waals surface area contributed by atoms with Crippen LogP contribution < -0.4 is 10.6 Å². The van der Waals surface area contributed by atoms with Crippen molar-refractivity contribution in [2.24, 2.45) is 0 Å². The lowest BCUT2D eigenvalue weighted by atomic mass is 9.98. The third-order valence-electron chi connectivity index (χ3n) is 7.67. The van der Waals surface area contributed by atoms with Gasteiger partial charge in [0.15, 0.2) is 23.0 Å². The summed E-state index contributed by atoms with van der Waals surface area (Å²) in [4.78, 5) is 55.8. The van der Waals surface area contributed by atoms with Crippen LogP contribution in [0.15, 0.2) is 42.5 Å². The predicted molar refractivity (Wildman–Crippen MR) is 157 cm³/mol. The topological polar surface area (TPSA) is 141 Å². The minimum atomic E-state index is -1.05. The van der Waals surface area contributed by atoms with E-state index in [0.717, 1.165) is 46.2 Å². The number of hydrogen-bond donors (Lipinski definition) is 2. The van der Waals surface area contributed by atoms with Gasteiger partial charge in [0.2, 0.25) is 0 Å². The quantitative estimate of drug-likeness (QED) is 0.197. The van der Waals surface area contributed by atoms with Crippen molar-refractivity contribution in [3.05, 3.63) is 99.0 Å². The predicted octanol–water partition coefficient (Wildman–Crippen LogP) is 4.41. The van der Waals surface area contributed by atoms with Crippen molar-refractivity contribution < 1.29 is 37.4 Å². The first-order valence-corrected chi connectivity index (χ1v) is 14.4. The van der Waals surface area contributed by atoms with Crippen molar-refractivity contribution in [3.8, 4) is 0 Å². The summed E-state index contributed by atoms with van der Waals surface area (Å²) >= 11 is 0. The molecule has 0 spiro atoms. The fourth-order valence-electron chi connectivity index (χ4n) is 5.25. The van der Waals surface area contributed by atoms with E-state index in [1.165, 1.54) is 25.3 Å². The Hall–Kier alpha value is -5.20. The van der Waals surface area contributed by atoms with Crippen molar-refractivity contribution >= 4 is 29.4 Å². The van der Waals surface area contributed by atoms with E-state index in [9.17, 15) is 28.0 Å². The van der Waals surface area contributed by atoms with E-state index in [4.69, 9.17) is 9.47 Å². The number of nitrogens with one attached hydrogen (secondary N) is 2. The van der Waals surface area contributed by atoms with E-state index in [0.29, 0.717) is 30.6 Å². The Morgan fingerprint density at radius 3 is 2.53 bits per heavy atom. The van der Waals surface area contributed by atoms with E-state index in [-0.39, 0.29) is 35.2 Å². The van der Waals surface area contributed by atoms with Crippen molar-refractivity contribution in [2.45, 2.75) is 52.1 Å². The molecule has 45 heavy (non-hydrogen) atoms. The first-order chi connectivity index (χ1) is 21.6. The molecule has 2 amide bonds. The normalized spacial score (nSPS) is 13.8. The Morgan fingerprint density at radius 1 is 1.00 bits per heavy atom. The number of amides is 2. The van der Waals surface area contributed by atoms with Gasteiger partial charge in [-0.25, -0.2) is 27.9 Å². The molecule has 0 saturated heterocycles. The van der Waals surface area contributed by atoms with Crippen LogP contribution in [0.2, 0.25) is 0 Å². The van der Waals surface area contributed by atoms with Crippen molar-refractivity contribution in [2.75, 3.05) is 13.7 Å². The molecule has 5 rings (SSSR count). The molecule has 1 aliphatic rings. The first kappa shape index (κ1) is 31.2. The molecule has 0 fully saturated rings. The van der Waals surface area contributed by atoms with Gasteiger partial charge >= 0.3 is 11.9 Å². The second-order valence-electron chi connectivity index (χ2n) is 10.6. The Labute approximate surface area is 256 Å². The number of hydrogen-bond acceptors (Lipinski definition) is 8. The van der Waals surface area contributed by atoms with Crippen molar-refractivity contribution in [3.63, 3.8) is 0 Å². The Kier molecular flexibility index (Phi) is 9.16. The molecule has 2 heterocycles. The van der Waals surface area contributed by atoms with Crippen LogP contribution in [-0.2, 0) is 22.4 Å². The molecule has 0 bridgehead atoms. The molecule has 2 N–H and O–H groups in total. The van der Waals surface area contributed by atoms with Crippen LogP contribution in [0.25, 0.3) is 5.65 Å². The van der Waals surface area contributed by atoms with Crippen LogP contribution >= 0.6 is 0 Å². The van der Waals surface area contributed by atoms with Gasteiger partial charge in [0.25, 0.3) is 11.8 Å². The average Bonchev–Trinajstić information content (AvgIpc) is 3.65. The molecule has 0 unspecified atom stereocenters. The Bertz CT molecular complexity index is 1820. The highest BCUT2D eigenvalue weighted by Crippen LogP contribution is 2.35. The lowest BCUT2D eigenvalue weighted by Gasteiger charge is -2.17. The third-order valence-corrected chi connectivity index (χ3v) is 7.67. The highest BCUT2D eigenvalue weighted by molar-refractivity contribution is 5.99. The smallest absolute Gasteiger partial charge is 0.358 e. The standard InChI is InChI=1S/C32H31F2N5O6/c1-4-5-12-45-31(42)20-7-8-21-19(17(20)2)9-11-24(21)37-30(41)27-14-25(36-28-15-26(32(43)44-3)38-39(27)28)29(40)35-16-18-6-10-22(33)23(34)13-18/h6-8,10,13-15,24H,4-5,9,11-12,16H2,1-3H3,(H,35,40)(H,37,41)/t24-/m0/s1. The molecule has 0 saturated carbocycles. The Morgan fingerprint density at radius 2 is 1.80 bits per heavy atom. The number of carbonyl (C=O) groups is 4. The van der Waals surface area contributed by atoms with Crippen LogP contribution in [0, 0.1) is 18.6 Å². The Balaban J connectivity index is 1.41. The number of rotatable bonds is 10. The van der Waals surface area contributed by atoms with Gasteiger partial charge in [-0.05, 0) is 66.6 Å². The highest BCUT2D eigenvalue weighted by Gasteiger charge is 2.29. The van der Waals surface area contributed by atoms with Crippen LogP contribution in [0.4, 0.5) is 8.78 Å². The fraction of sp³-hybridized carbons (Fsp3) is 0.312. The molecule has 0 aliphatic heterocycles. The second-order valence-corrected chi connectivity index (χ2v) is 10.6. The molecule has 1 aliphatic carbocycles. The zero-order valence-electron chi connectivity index (χ0n) is 24.9. The lowest BCUT2D eigenvalue weighted by molar-refractivity contribution is 0.0497. The summed E-state index contributed by atoms with van der Waals surface area (Å²) in [5.41, 5.74) is 3.07. The summed E-state index contributed by atoms with van der Waals surface area (Å²) in [5.74, 6) is -4.50. The number of nitrogens with zero attached hydrogens (tertiary/aromatic N) is 3. The largest absolute Gasteiger partial charge is 0.464 e. The number of carbonyl (C=O) groups excluding carboxylic acids is 4. The molecule has 13 heteroatoms. The van der Waals surface area contributed by atoms with Crippen LogP contribution in [-0.4, -0.2) is 52.1 Å². The van der Waals surface area contributed by atoms with Gasteiger partial charge in [-0.3, -0.25) is 9.59 Å². The first-order valence-electron chi connectivity index (χ1n) is 14.4.